The van der Waals surface area contributed by atoms with Crippen LogP contribution in [0.25, 0.3) is 11.0 Å². The van der Waals surface area contributed by atoms with Crippen molar-refractivity contribution in [1.82, 2.24) is 9.97 Å². The SMILES string of the molecule is COc1ccc2nc(C(C)C)ccc2n1. The van der Waals surface area contributed by atoms with Crippen LogP contribution < -0.4 is 4.74 Å². The van der Waals surface area contributed by atoms with Gasteiger partial charge in [-0.2, -0.15) is 0 Å². The molecule has 0 fully saturated rings. The van der Waals surface area contributed by atoms with E-state index in [-0.39, 0.29) is 0 Å². The lowest BCUT2D eigenvalue weighted by Gasteiger charge is -2.06. The summed E-state index contributed by atoms with van der Waals surface area (Å²) in [5, 5.41) is 0. The predicted molar refractivity (Wildman–Crippen MR) is 60.2 cm³/mol. The highest BCUT2D eigenvalue weighted by atomic mass is 16.5. The van der Waals surface area contributed by atoms with Crippen molar-refractivity contribution in [2.45, 2.75) is 19.8 Å². The Morgan fingerprint density at radius 1 is 1.00 bits per heavy atom. The Labute approximate surface area is 89.1 Å². The molecule has 0 amide bonds. The Morgan fingerprint density at radius 3 is 2.33 bits per heavy atom. The molecule has 0 aliphatic heterocycles. The first-order valence-electron chi connectivity index (χ1n) is 5.02. The van der Waals surface area contributed by atoms with E-state index >= 15 is 0 Å². The van der Waals surface area contributed by atoms with Crippen molar-refractivity contribution in [3.05, 3.63) is 30.0 Å². The van der Waals surface area contributed by atoms with Crippen molar-refractivity contribution in [2.75, 3.05) is 7.11 Å². The Kier molecular flexibility index (Phi) is 2.54. The minimum absolute atomic E-state index is 0.441. The zero-order valence-corrected chi connectivity index (χ0v) is 9.19. The van der Waals surface area contributed by atoms with E-state index in [0.717, 1.165) is 16.7 Å². The Balaban J connectivity index is 2.55. The summed E-state index contributed by atoms with van der Waals surface area (Å²) < 4.78 is 5.06. The topological polar surface area (TPSA) is 35.0 Å². The highest BCUT2D eigenvalue weighted by Crippen LogP contribution is 2.18. The molecule has 78 valence electrons. The second kappa shape index (κ2) is 3.85. The van der Waals surface area contributed by atoms with Gasteiger partial charge in [0, 0.05) is 11.8 Å². The van der Waals surface area contributed by atoms with Gasteiger partial charge in [0.15, 0.2) is 0 Å². The van der Waals surface area contributed by atoms with Crippen molar-refractivity contribution in [2.24, 2.45) is 0 Å². The van der Waals surface area contributed by atoms with E-state index in [4.69, 9.17) is 4.74 Å². The summed E-state index contributed by atoms with van der Waals surface area (Å²) in [6.45, 7) is 4.26. The lowest BCUT2D eigenvalue weighted by atomic mass is 10.1. The molecule has 2 aromatic heterocycles. The van der Waals surface area contributed by atoms with Crippen molar-refractivity contribution < 1.29 is 4.74 Å². The molecule has 0 atom stereocenters. The molecule has 3 nitrogen and oxygen atoms in total. The number of nitrogens with zero attached hydrogens (tertiary/aromatic N) is 2. The molecule has 0 radical (unpaired) electrons. The fourth-order valence-corrected chi connectivity index (χ4v) is 1.44. The van der Waals surface area contributed by atoms with Gasteiger partial charge in [-0.3, -0.25) is 4.98 Å². The van der Waals surface area contributed by atoms with Gasteiger partial charge >= 0.3 is 0 Å². The molecule has 0 saturated heterocycles. The molecule has 0 unspecified atom stereocenters. The number of rotatable bonds is 2. The van der Waals surface area contributed by atoms with Gasteiger partial charge in [-0.15, -0.1) is 0 Å². The standard InChI is InChI=1S/C12H14N2O/c1-8(2)9-4-5-11-10(13-9)6-7-12(14-11)15-3/h4-8H,1-3H3. The van der Waals surface area contributed by atoms with E-state index in [1.165, 1.54) is 0 Å². The summed E-state index contributed by atoms with van der Waals surface area (Å²) in [5.41, 5.74) is 2.88. The summed E-state index contributed by atoms with van der Waals surface area (Å²) in [5.74, 6) is 1.07. The normalized spacial score (nSPS) is 10.9. The molecular weight excluding hydrogens is 188 g/mol. The lowest BCUT2D eigenvalue weighted by molar-refractivity contribution is 0.399. The largest absolute Gasteiger partial charge is 0.481 e. The first kappa shape index (κ1) is 9.90. The Bertz CT molecular complexity index is 480. The maximum absolute atomic E-state index is 5.06. The Hall–Kier alpha value is -1.64. The summed E-state index contributed by atoms with van der Waals surface area (Å²) in [6.07, 6.45) is 0. The smallest absolute Gasteiger partial charge is 0.213 e. The van der Waals surface area contributed by atoms with E-state index in [0.29, 0.717) is 11.8 Å². The van der Waals surface area contributed by atoms with Crippen LogP contribution in [0.5, 0.6) is 5.88 Å². The van der Waals surface area contributed by atoms with E-state index in [1.54, 1.807) is 7.11 Å². The lowest BCUT2D eigenvalue weighted by Crippen LogP contribution is -1.94. The molecule has 0 spiro atoms. The summed E-state index contributed by atoms with van der Waals surface area (Å²) in [6, 6.07) is 7.77. The number of hydrogen-bond acceptors (Lipinski definition) is 3. The number of hydrogen-bond donors (Lipinski definition) is 0. The third kappa shape index (κ3) is 1.91. The van der Waals surface area contributed by atoms with Crippen LogP contribution in [-0.2, 0) is 0 Å². The van der Waals surface area contributed by atoms with Crippen molar-refractivity contribution >= 4 is 11.0 Å². The van der Waals surface area contributed by atoms with Gasteiger partial charge in [-0.05, 0) is 24.1 Å². The molecule has 3 heteroatoms. The van der Waals surface area contributed by atoms with Crippen LogP contribution in [0.4, 0.5) is 0 Å². The highest BCUT2D eigenvalue weighted by Gasteiger charge is 2.03. The molecule has 0 bridgehead atoms. The third-order valence-corrected chi connectivity index (χ3v) is 2.34. The molecule has 15 heavy (non-hydrogen) atoms. The van der Waals surface area contributed by atoms with E-state index < -0.39 is 0 Å². The minimum atomic E-state index is 0.441. The zero-order valence-electron chi connectivity index (χ0n) is 9.19. The highest BCUT2D eigenvalue weighted by molar-refractivity contribution is 5.74. The van der Waals surface area contributed by atoms with E-state index in [1.807, 2.05) is 24.3 Å². The van der Waals surface area contributed by atoms with Gasteiger partial charge < -0.3 is 4.74 Å². The van der Waals surface area contributed by atoms with Crippen LogP contribution in [0.3, 0.4) is 0 Å². The average molecular weight is 202 g/mol. The molecule has 0 aromatic carbocycles. The molecule has 0 aliphatic carbocycles. The fraction of sp³-hybridized carbons (Fsp3) is 0.333. The monoisotopic (exact) mass is 202 g/mol. The summed E-state index contributed by atoms with van der Waals surface area (Å²) >= 11 is 0. The molecule has 2 rings (SSSR count). The average Bonchev–Trinajstić information content (AvgIpc) is 2.27. The number of aromatic nitrogens is 2. The maximum Gasteiger partial charge on any atom is 0.213 e. The predicted octanol–water partition coefficient (Wildman–Crippen LogP) is 2.76. The molecular formula is C12H14N2O. The second-order valence-corrected chi connectivity index (χ2v) is 3.78. The van der Waals surface area contributed by atoms with Gasteiger partial charge in [0.05, 0.1) is 18.1 Å². The van der Waals surface area contributed by atoms with Gasteiger partial charge in [0.25, 0.3) is 0 Å². The quantitative estimate of drug-likeness (QED) is 0.751. The fourth-order valence-electron chi connectivity index (χ4n) is 1.44. The molecule has 2 heterocycles. The zero-order chi connectivity index (χ0) is 10.8. The van der Waals surface area contributed by atoms with Crippen LogP contribution >= 0.6 is 0 Å². The molecule has 0 saturated carbocycles. The van der Waals surface area contributed by atoms with Crippen LogP contribution in [0.2, 0.25) is 0 Å². The van der Waals surface area contributed by atoms with E-state index in [2.05, 4.69) is 23.8 Å². The van der Waals surface area contributed by atoms with Gasteiger partial charge in [0.1, 0.15) is 0 Å². The minimum Gasteiger partial charge on any atom is -0.481 e. The third-order valence-electron chi connectivity index (χ3n) is 2.34. The van der Waals surface area contributed by atoms with Crippen LogP contribution in [0, 0.1) is 0 Å². The number of fused-ring (bicyclic) bond motifs is 1. The number of pyridine rings is 2. The van der Waals surface area contributed by atoms with Crippen molar-refractivity contribution in [3.8, 4) is 5.88 Å². The van der Waals surface area contributed by atoms with Crippen LogP contribution in [0.15, 0.2) is 24.3 Å². The Morgan fingerprint density at radius 2 is 1.67 bits per heavy atom. The van der Waals surface area contributed by atoms with Crippen LogP contribution in [0.1, 0.15) is 25.5 Å². The number of methoxy groups -OCH3 is 1. The van der Waals surface area contributed by atoms with Crippen molar-refractivity contribution in [1.29, 1.82) is 0 Å². The second-order valence-electron chi connectivity index (χ2n) is 3.78. The van der Waals surface area contributed by atoms with Crippen molar-refractivity contribution in [3.63, 3.8) is 0 Å². The molecule has 2 aromatic rings. The maximum atomic E-state index is 5.06. The molecule has 0 N–H and O–H groups in total. The van der Waals surface area contributed by atoms with E-state index in [9.17, 15) is 0 Å². The summed E-state index contributed by atoms with van der Waals surface area (Å²) in [7, 11) is 1.62. The van der Waals surface area contributed by atoms with Gasteiger partial charge in [-0.1, -0.05) is 13.8 Å². The first-order chi connectivity index (χ1) is 7.20. The van der Waals surface area contributed by atoms with Gasteiger partial charge in [-0.25, -0.2) is 4.98 Å². The first-order valence-corrected chi connectivity index (χ1v) is 5.02. The summed E-state index contributed by atoms with van der Waals surface area (Å²) in [4.78, 5) is 8.84. The van der Waals surface area contributed by atoms with Gasteiger partial charge in [0.2, 0.25) is 5.88 Å². The van der Waals surface area contributed by atoms with Crippen LogP contribution in [-0.4, -0.2) is 17.1 Å². The molecule has 0 aliphatic rings. The number of ether oxygens (including phenoxy) is 1.